The predicted octanol–water partition coefficient (Wildman–Crippen LogP) is 2.27. The molecule has 0 unspecified atom stereocenters. The average Bonchev–Trinajstić information content (AvgIpc) is 2.40. The highest BCUT2D eigenvalue weighted by Crippen LogP contribution is 2.18. The molecular weight excluding hydrogens is 240 g/mol. The van der Waals surface area contributed by atoms with E-state index >= 15 is 0 Å². The van der Waals surface area contributed by atoms with Crippen LogP contribution in [0.4, 0.5) is 5.69 Å². The molecule has 0 radical (unpaired) electrons. The third-order valence-electron chi connectivity index (χ3n) is 3.18. The third kappa shape index (κ3) is 2.73. The summed E-state index contributed by atoms with van der Waals surface area (Å²) in [5.41, 5.74) is 3.11. The minimum absolute atomic E-state index is 0.235. The van der Waals surface area contributed by atoms with E-state index in [0.29, 0.717) is 0 Å². The van der Waals surface area contributed by atoms with Gasteiger partial charge in [0.2, 0.25) is 5.56 Å². The number of benzene rings is 1. The van der Waals surface area contributed by atoms with Crippen molar-refractivity contribution in [3.63, 3.8) is 0 Å². The molecule has 1 aromatic heterocycles. The van der Waals surface area contributed by atoms with Crippen molar-refractivity contribution < 1.29 is 4.79 Å². The van der Waals surface area contributed by atoms with Crippen molar-refractivity contribution in [2.75, 3.05) is 11.9 Å². The lowest BCUT2D eigenvalue weighted by Gasteiger charge is -2.18. The number of pyridine rings is 1. The number of carbonyl (C=O) groups is 1. The number of nitrogens with one attached hydrogen (secondary N) is 1. The highest BCUT2D eigenvalue weighted by Gasteiger charge is 2.14. The van der Waals surface area contributed by atoms with Gasteiger partial charge >= 0.3 is 0 Å². The summed E-state index contributed by atoms with van der Waals surface area (Å²) in [4.78, 5) is 27.5. The highest BCUT2D eigenvalue weighted by molar-refractivity contribution is 6.04. The fourth-order valence-corrected chi connectivity index (χ4v) is 1.80. The molecule has 2 aromatic rings. The van der Waals surface area contributed by atoms with E-state index in [1.807, 2.05) is 32.0 Å². The average molecular weight is 256 g/mol. The Kier molecular flexibility index (Phi) is 3.51. The molecule has 1 aromatic carbocycles. The molecule has 2 rings (SSSR count). The SMILES string of the molecule is Cc1ccc(N(C)C(=O)c2cccc(=O)[nH]2)cc1C. The summed E-state index contributed by atoms with van der Waals surface area (Å²) in [6, 6.07) is 10.4. The Morgan fingerprint density at radius 1 is 1.11 bits per heavy atom. The number of carbonyl (C=O) groups excluding carboxylic acids is 1. The second kappa shape index (κ2) is 5.10. The summed E-state index contributed by atoms with van der Waals surface area (Å²) in [6.07, 6.45) is 0. The first-order valence-electron chi connectivity index (χ1n) is 6.03. The quantitative estimate of drug-likeness (QED) is 0.896. The first-order chi connectivity index (χ1) is 8.99. The minimum Gasteiger partial charge on any atom is -0.318 e. The molecule has 19 heavy (non-hydrogen) atoms. The van der Waals surface area contributed by atoms with Crippen molar-refractivity contribution >= 4 is 11.6 Å². The van der Waals surface area contributed by atoms with Crippen molar-refractivity contribution in [3.8, 4) is 0 Å². The summed E-state index contributed by atoms with van der Waals surface area (Å²) in [6.45, 7) is 4.02. The van der Waals surface area contributed by atoms with Crippen LogP contribution in [0, 0.1) is 13.8 Å². The van der Waals surface area contributed by atoms with Gasteiger partial charge in [0.1, 0.15) is 5.69 Å². The molecular formula is C15H16N2O2. The maximum Gasteiger partial charge on any atom is 0.274 e. The van der Waals surface area contributed by atoms with E-state index in [1.54, 1.807) is 19.2 Å². The van der Waals surface area contributed by atoms with Gasteiger partial charge in [0.05, 0.1) is 0 Å². The molecule has 0 fully saturated rings. The standard InChI is InChI=1S/C15H16N2O2/c1-10-7-8-12(9-11(10)2)17(3)15(19)13-5-4-6-14(18)16-13/h4-9H,1-3H3,(H,16,18). The van der Waals surface area contributed by atoms with Crippen molar-refractivity contribution in [1.82, 2.24) is 4.98 Å². The maximum atomic E-state index is 12.2. The fourth-order valence-electron chi connectivity index (χ4n) is 1.80. The minimum atomic E-state index is -0.278. The number of aryl methyl sites for hydroxylation is 2. The van der Waals surface area contributed by atoms with Gasteiger partial charge in [-0.05, 0) is 43.2 Å². The van der Waals surface area contributed by atoms with Crippen LogP contribution in [0.15, 0.2) is 41.2 Å². The van der Waals surface area contributed by atoms with E-state index in [9.17, 15) is 9.59 Å². The van der Waals surface area contributed by atoms with Gasteiger partial charge in [0, 0.05) is 18.8 Å². The molecule has 0 spiro atoms. The van der Waals surface area contributed by atoms with Crippen LogP contribution >= 0.6 is 0 Å². The van der Waals surface area contributed by atoms with Crippen LogP contribution < -0.4 is 10.5 Å². The zero-order valence-corrected chi connectivity index (χ0v) is 11.2. The number of nitrogens with zero attached hydrogens (tertiary/aromatic N) is 1. The van der Waals surface area contributed by atoms with Crippen molar-refractivity contribution in [2.45, 2.75) is 13.8 Å². The maximum absolute atomic E-state index is 12.2. The Bertz CT molecular complexity index is 674. The number of aromatic amines is 1. The second-order valence-corrected chi connectivity index (χ2v) is 4.56. The second-order valence-electron chi connectivity index (χ2n) is 4.56. The van der Waals surface area contributed by atoms with Crippen molar-refractivity contribution in [3.05, 3.63) is 63.6 Å². The molecule has 0 bridgehead atoms. The van der Waals surface area contributed by atoms with E-state index in [0.717, 1.165) is 11.3 Å². The predicted molar refractivity (Wildman–Crippen MR) is 75.7 cm³/mol. The largest absolute Gasteiger partial charge is 0.318 e. The Morgan fingerprint density at radius 3 is 2.47 bits per heavy atom. The van der Waals surface area contributed by atoms with Gasteiger partial charge in [-0.1, -0.05) is 12.1 Å². The van der Waals surface area contributed by atoms with Crippen LogP contribution in [0.1, 0.15) is 21.6 Å². The molecule has 0 saturated heterocycles. The molecule has 0 aliphatic carbocycles. The van der Waals surface area contributed by atoms with Gasteiger partial charge in [0.25, 0.3) is 5.91 Å². The smallest absolute Gasteiger partial charge is 0.274 e. The van der Waals surface area contributed by atoms with E-state index in [4.69, 9.17) is 0 Å². The van der Waals surface area contributed by atoms with Gasteiger partial charge in [-0.25, -0.2) is 0 Å². The number of hydrogen-bond donors (Lipinski definition) is 1. The number of anilines is 1. The molecule has 1 heterocycles. The topological polar surface area (TPSA) is 53.2 Å². The monoisotopic (exact) mass is 256 g/mol. The number of H-pyrrole nitrogens is 1. The molecule has 0 atom stereocenters. The number of hydrogen-bond acceptors (Lipinski definition) is 2. The fraction of sp³-hybridized carbons (Fsp3) is 0.200. The first-order valence-corrected chi connectivity index (χ1v) is 6.03. The van der Waals surface area contributed by atoms with Crippen molar-refractivity contribution in [2.24, 2.45) is 0 Å². The molecule has 1 amide bonds. The summed E-state index contributed by atoms with van der Waals surface area (Å²) in [5, 5.41) is 0. The van der Waals surface area contributed by atoms with Gasteiger partial charge in [-0.3, -0.25) is 9.59 Å². The lowest BCUT2D eigenvalue weighted by Crippen LogP contribution is -2.28. The lowest BCUT2D eigenvalue weighted by molar-refractivity contribution is 0.0988. The van der Waals surface area contributed by atoms with Gasteiger partial charge in [-0.15, -0.1) is 0 Å². The number of aromatic nitrogens is 1. The van der Waals surface area contributed by atoms with E-state index < -0.39 is 0 Å². The van der Waals surface area contributed by atoms with Crippen LogP contribution in [0.25, 0.3) is 0 Å². The van der Waals surface area contributed by atoms with Crippen LogP contribution in [0.3, 0.4) is 0 Å². The third-order valence-corrected chi connectivity index (χ3v) is 3.18. The Balaban J connectivity index is 2.33. The summed E-state index contributed by atoms with van der Waals surface area (Å²) >= 11 is 0. The summed E-state index contributed by atoms with van der Waals surface area (Å²) in [5.74, 6) is -0.235. The highest BCUT2D eigenvalue weighted by atomic mass is 16.2. The normalized spacial score (nSPS) is 10.3. The van der Waals surface area contributed by atoms with E-state index in [1.165, 1.54) is 16.5 Å². The molecule has 98 valence electrons. The van der Waals surface area contributed by atoms with E-state index in [-0.39, 0.29) is 17.2 Å². The van der Waals surface area contributed by atoms with Crippen molar-refractivity contribution in [1.29, 1.82) is 0 Å². The molecule has 4 nitrogen and oxygen atoms in total. The molecule has 0 aliphatic heterocycles. The van der Waals surface area contributed by atoms with Gasteiger partial charge in [-0.2, -0.15) is 0 Å². The summed E-state index contributed by atoms with van der Waals surface area (Å²) < 4.78 is 0. The Morgan fingerprint density at radius 2 is 1.84 bits per heavy atom. The number of rotatable bonds is 2. The van der Waals surface area contributed by atoms with Crippen LogP contribution in [-0.2, 0) is 0 Å². The Hall–Kier alpha value is -2.36. The van der Waals surface area contributed by atoms with Gasteiger partial charge in [0.15, 0.2) is 0 Å². The lowest BCUT2D eigenvalue weighted by atomic mass is 10.1. The number of amides is 1. The van der Waals surface area contributed by atoms with Crippen LogP contribution in [0.5, 0.6) is 0 Å². The van der Waals surface area contributed by atoms with Crippen LogP contribution in [0.2, 0.25) is 0 Å². The summed E-state index contributed by atoms with van der Waals surface area (Å²) in [7, 11) is 1.69. The van der Waals surface area contributed by atoms with E-state index in [2.05, 4.69) is 4.98 Å². The molecule has 1 N–H and O–H groups in total. The molecule has 4 heteroatoms. The zero-order chi connectivity index (χ0) is 14.0. The first kappa shape index (κ1) is 13.1. The zero-order valence-electron chi connectivity index (χ0n) is 11.2. The molecule has 0 saturated carbocycles. The molecule has 0 aliphatic rings. The van der Waals surface area contributed by atoms with Crippen LogP contribution in [-0.4, -0.2) is 17.9 Å². The Labute approximate surface area is 111 Å². The van der Waals surface area contributed by atoms with Gasteiger partial charge < -0.3 is 9.88 Å².